The van der Waals surface area contributed by atoms with E-state index in [4.69, 9.17) is 16.3 Å². The summed E-state index contributed by atoms with van der Waals surface area (Å²) in [5.74, 6) is 0.0515. The van der Waals surface area contributed by atoms with Crippen LogP contribution in [0.3, 0.4) is 0 Å². The maximum Gasteiger partial charge on any atom is 0.410 e. The molecule has 6 nitrogen and oxygen atoms in total. The number of nitrogens with one attached hydrogen (secondary N) is 1. The van der Waals surface area contributed by atoms with Gasteiger partial charge in [-0.15, -0.1) is 0 Å². The van der Waals surface area contributed by atoms with Gasteiger partial charge in [-0.05, 0) is 39.0 Å². The van der Waals surface area contributed by atoms with Gasteiger partial charge in [-0.25, -0.2) is 4.79 Å². The molecule has 1 atom stereocenters. The first-order valence-electron chi connectivity index (χ1n) is 8.05. The summed E-state index contributed by atoms with van der Waals surface area (Å²) in [5, 5.41) is 3.78. The molecule has 2 aliphatic rings. The van der Waals surface area contributed by atoms with Crippen molar-refractivity contribution in [1.29, 1.82) is 0 Å². The number of hydrogen-bond acceptors (Lipinski definition) is 5. The summed E-state index contributed by atoms with van der Waals surface area (Å²) in [6.45, 7) is 7.12. The number of anilines is 2. The van der Waals surface area contributed by atoms with Gasteiger partial charge in [0.15, 0.2) is 5.78 Å². The smallest absolute Gasteiger partial charge is 0.410 e. The summed E-state index contributed by atoms with van der Waals surface area (Å²) in [5.41, 5.74) is 1.24. The van der Waals surface area contributed by atoms with E-state index >= 15 is 0 Å². The molecule has 1 fully saturated rings. The lowest BCUT2D eigenvalue weighted by molar-refractivity contribution is -0.119. The maximum atomic E-state index is 12.5. The van der Waals surface area contributed by atoms with Crippen LogP contribution in [0, 0.1) is 0 Å². The quantitative estimate of drug-likeness (QED) is 0.778. The van der Waals surface area contributed by atoms with Gasteiger partial charge in [0.1, 0.15) is 11.6 Å². The van der Waals surface area contributed by atoms with Gasteiger partial charge in [0.05, 0.1) is 24.5 Å². The minimum Gasteiger partial charge on any atom is -0.444 e. The Labute approximate surface area is 146 Å². The average Bonchev–Trinajstić information content (AvgIpc) is 2.63. The van der Waals surface area contributed by atoms with Crippen LogP contribution in [0.2, 0.25) is 5.02 Å². The number of halogens is 1. The van der Waals surface area contributed by atoms with E-state index in [0.29, 0.717) is 24.7 Å². The van der Waals surface area contributed by atoms with Crippen molar-refractivity contribution >= 4 is 34.9 Å². The van der Waals surface area contributed by atoms with Gasteiger partial charge in [-0.3, -0.25) is 4.79 Å². The third-order valence-corrected chi connectivity index (χ3v) is 4.36. The zero-order valence-corrected chi connectivity index (χ0v) is 14.9. The fraction of sp³-hybridized carbons (Fsp3) is 0.529. The Bertz CT molecular complexity index is 672. The summed E-state index contributed by atoms with van der Waals surface area (Å²) < 4.78 is 5.43. The Hall–Kier alpha value is -1.95. The second-order valence-corrected chi connectivity index (χ2v) is 7.55. The maximum absolute atomic E-state index is 12.5. The highest BCUT2D eigenvalue weighted by Crippen LogP contribution is 2.34. The number of fused-ring (bicyclic) bond motifs is 3. The summed E-state index contributed by atoms with van der Waals surface area (Å²) in [4.78, 5) is 28.5. The molecule has 2 heterocycles. The van der Waals surface area contributed by atoms with Crippen LogP contribution in [0.1, 0.15) is 20.8 Å². The molecule has 0 spiro atoms. The highest BCUT2D eigenvalue weighted by Gasteiger charge is 2.38. The standard InChI is InChI=1S/C17H22ClN3O3/c1-17(2,3)24-16(23)20-6-7-21-13-8-11(18)4-5-12(13)19-9-15(22)14(21)10-20/h4-5,8,14,19H,6-7,9-10H2,1-3H3. The van der Waals surface area contributed by atoms with Crippen LogP contribution in [0.15, 0.2) is 18.2 Å². The van der Waals surface area contributed by atoms with E-state index in [1.54, 1.807) is 11.0 Å². The number of rotatable bonds is 0. The molecule has 1 N–H and O–H groups in total. The Morgan fingerprint density at radius 2 is 2.08 bits per heavy atom. The number of carbonyl (C=O) groups excluding carboxylic acids is 2. The van der Waals surface area contributed by atoms with E-state index in [-0.39, 0.29) is 18.4 Å². The van der Waals surface area contributed by atoms with Crippen LogP contribution >= 0.6 is 11.6 Å². The number of benzene rings is 1. The predicted octanol–water partition coefficient (Wildman–Crippen LogP) is 2.76. The van der Waals surface area contributed by atoms with Crippen molar-refractivity contribution in [3.63, 3.8) is 0 Å². The average molecular weight is 352 g/mol. The van der Waals surface area contributed by atoms with E-state index in [9.17, 15) is 9.59 Å². The van der Waals surface area contributed by atoms with Gasteiger partial charge in [0.2, 0.25) is 0 Å². The molecule has 1 aromatic carbocycles. The summed E-state index contributed by atoms with van der Waals surface area (Å²) in [6.07, 6.45) is -0.376. The molecule has 3 rings (SSSR count). The lowest BCUT2D eigenvalue weighted by Gasteiger charge is -2.41. The first-order valence-corrected chi connectivity index (χ1v) is 8.43. The van der Waals surface area contributed by atoms with Crippen molar-refractivity contribution in [2.75, 3.05) is 36.4 Å². The second-order valence-electron chi connectivity index (χ2n) is 7.12. The van der Waals surface area contributed by atoms with Crippen LogP contribution in [-0.2, 0) is 9.53 Å². The summed E-state index contributed by atoms with van der Waals surface area (Å²) >= 11 is 6.13. The van der Waals surface area contributed by atoms with Crippen molar-refractivity contribution in [2.45, 2.75) is 32.4 Å². The molecular formula is C17H22ClN3O3. The van der Waals surface area contributed by atoms with Crippen LogP contribution in [0.5, 0.6) is 0 Å². The molecular weight excluding hydrogens is 330 g/mol. The molecule has 0 aliphatic carbocycles. The van der Waals surface area contributed by atoms with E-state index in [1.165, 1.54) is 0 Å². The lowest BCUT2D eigenvalue weighted by Crippen LogP contribution is -2.58. The fourth-order valence-electron chi connectivity index (χ4n) is 3.03. The molecule has 0 bridgehead atoms. The van der Waals surface area contributed by atoms with E-state index in [2.05, 4.69) is 5.32 Å². The third-order valence-electron chi connectivity index (χ3n) is 4.13. The molecule has 1 amide bonds. The monoisotopic (exact) mass is 351 g/mol. The molecule has 1 unspecified atom stereocenters. The van der Waals surface area contributed by atoms with Crippen molar-refractivity contribution in [2.24, 2.45) is 0 Å². The van der Waals surface area contributed by atoms with E-state index < -0.39 is 11.6 Å². The second kappa shape index (κ2) is 6.16. The number of Topliss-reactive ketones (excluding diaryl/α,β-unsaturated/α-hetero) is 1. The highest BCUT2D eigenvalue weighted by molar-refractivity contribution is 6.31. The zero-order valence-electron chi connectivity index (χ0n) is 14.1. The molecule has 1 saturated heterocycles. The number of nitrogens with zero attached hydrogens (tertiary/aromatic N) is 2. The number of piperazine rings is 1. The number of amides is 1. The van der Waals surface area contributed by atoms with Gasteiger partial charge in [-0.1, -0.05) is 11.6 Å². The molecule has 0 aromatic heterocycles. The SMILES string of the molecule is CC(C)(C)OC(=O)N1CCN2c3cc(Cl)ccc3NCC(=O)C2C1. The normalized spacial score (nSPS) is 20.7. The lowest BCUT2D eigenvalue weighted by atomic mass is 10.1. The highest BCUT2D eigenvalue weighted by atomic mass is 35.5. The minimum absolute atomic E-state index is 0.0515. The zero-order chi connectivity index (χ0) is 17.5. The minimum atomic E-state index is -0.552. The number of ether oxygens (including phenoxy) is 1. The topological polar surface area (TPSA) is 61.9 Å². The largest absolute Gasteiger partial charge is 0.444 e. The first kappa shape index (κ1) is 16.9. The van der Waals surface area contributed by atoms with Crippen LogP contribution in [-0.4, -0.2) is 54.6 Å². The Kier molecular flexibility index (Phi) is 4.34. The fourth-order valence-corrected chi connectivity index (χ4v) is 3.20. The van der Waals surface area contributed by atoms with Crippen molar-refractivity contribution < 1.29 is 14.3 Å². The van der Waals surface area contributed by atoms with E-state index in [1.807, 2.05) is 37.8 Å². The van der Waals surface area contributed by atoms with Crippen molar-refractivity contribution in [3.05, 3.63) is 23.2 Å². The number of ketones is 1. The van der Waals surface area contributed by atoms with E-state index in [0.717, 1.165) is 11.4 Å². The van der Waals surface area contributed by atoms with Crippen LogP contribution in [0.25, 0.3) is 0 Å². The molecule has 1 aromatic rings. The molecule has 0 saturated carbocycles. The number of carbonyl (C=O) groups is 2. The van der Waals surface area contributed by atoms with Crippen molar-refractivity contribution in [3.8, 4) is 0 Å². The molecule has 130 valence electrons. The molecule has 2 aliphatic heterocycles. The van der Waals surface area contributed by atoms with Gasteiger partial charge in [-0.2, -0.15) is 0 Å². The van der Waals surface area contributed by atoms with Gasteiger partial charge >= 0.3 is 6.09 Å². The van der Waals surface area contributed by atoms with Gasteiger partial charge < -0.3 is 19.9 Å². The summed E-state index contributed by atoms with van der Waals surface area (Å²) in [7, 11) is 0. The van der Waals surface area contributed by atoms with Crippen LogP contribution in [0.4, 0.5) is 16.2 Å². The molecule has 0 radical (unpaired) electrons. The Balaban J connectivity index is 1.83. The van der Waals surface area contributed by atoms with Gasteiger partial charge in [0.25, 0.3) is 0 Å². The first-order chi connectivity index (χ1) is 11.2. The predicted molar refractivity (Wildman–Crippen MR) is 93.9 cm³/mol. The third kappa shape index (κ3) is 3.43. The van der Waals surface area contributed by atoms with Crippen molar-refractivity contribution in [1.82, 2.24) is 4.90 Å². The Morgan fingerprint density at radius 3 is 2.79 bits per heavy atom. The Morgan fingerprint density at radius 1 is 1.33 bits per heavy atom. The molecule has 7 heteroatoms. The molecule has 24 heavy (non-hydrogen) atoms. The van der Waals surface area contributed by atoms with Gasteiger partial charge in [0, 0.05) is 18.1 Å². The van der Waals surface area contributed by atoms with Crippen LogP contribution < -0.4 is 10.2 Å². The number of hydrogen-bond donors (Lipinski definition) is 1. The summed E-state index contributed by atoms with van der Waals surface area (Å²) in [6, 6.07) is 5.15.